The van der Waals surface area contributed by atoms with Crippen LogP contribution in [-0.2, 0) is 9.84 Å². The smallest absolute Gasteiger partial charge is 0.186 e. The summed E-state index contributed by atoms with van der Waals surface area (Å²) >= 11 is 0. The molecule has 0 saturated heterocycles. The second-order valence-corrected chi connectivity index (χ2v) is 6.40. The first-order valence-corrected chi connectivity index (χ1v) is 6.97. The van der Waals surface area contributed by atoms with Crippen LogP contribution in [0.3, 0.4) is 0 Å². The Morgan fingerprint density at radius 2 is 2.06 bits per heavy atom. The molecule has 0 saturated carbocycles. The molecule has 1 aromatic carbocycles. The highest BCUT2D eigenvalue weighted by Gasteiger charge is 2.40. The lowest BCUT2D eigenvalue weighted by Gasteiger charge is -2.38. The van der Waals surface area contributed by atoms with Gasteiger partial charge >= 0.3 is 0 Å². The zero-order valence-corrected chi connectivity index (χ0v) is 10.6. The van der Waals surface area contributed by atoms with Crippen molar-refractivity contribution < 1.29 is 8.42 Å². The lowest BCUT2D eigenvalue weighted by Crippen LogP contribution is -2.47. The number of fused-ring (bicyclic) bond motifs is 1. The van der Waals surface area contributed by atoms with Crippen LogP contribution in [0.5, 0.6) is 0 Å². The maximum absolute atomic E-state index is 12.4. The summed E-state index contributed by atoms with van der Waals surface area (Å²) in [6, 6.07) is 8.72. The number of para-hydroxylation sites is 1. The van der Waals surface area contributed by atoms with Gasteiger partial charge in [0.1, 0.15) is 0 Å². The first-order chi connectivity index (χ1) is 8.00. The van der Waals surface area contributed by atoms with Crippen molar-refractivity contribution in [2.75, 3.05) is 11.9 Å². The minimum absolute atomic E-state index is 0.0299. The first kappa shape index (κ1) is 11.9. The van der Waals surface area contributed by atoms with Crippen LogP contribution < -0.4 is 4.90 Å². The minimum Gasteiger partial charge on any atom is -0.369 e. The van der Waals surface area contributed by atoms with Crippen LogP contribution in [0.15, 0.2) is 29.2 Å². The molecule has 90 valence electrons. The summed E-state index contributed by atoms with van der Waals surface area (Å²) < 4.78 is 24.7. The van der Waals surface area contributed by atoms with Crippen molar-refractivity contribution in [2.45, 2.75) is 29.5 Å². The van der Waals surface area contributed by atoms with E-state index in [0.717, 1.165) is 0 Å². The van der Waals surface area contributed by atoms with Crippen LogP contribution in [0.2, 0.25) is 0 Å². The Balaban J connectivity index is 2.65. The predicted octanol–water partition coefficient (Wildman–Crippen LogP) is 1.58. The fourth-order valence-corrected chi connectivity index (χ4v) is 4.34. The largest absolute Gasteiger partial charge is 0.369 e. The molecule has 1 aromatic rings. The van der Waals surface area contributed by atoms with E-state index in [9.17, 15) is 8.42 Å². The molecule has 17 heavy (non-hydrogen) atoms. The van der Waals surface area contributed by atoms with Crippen molar-refractivity contribution in [3.63, 3.8) is 0 Å². The molecule has 0 spiro atoms. The van der Waals surface area contributed by atoms with Gasteiger partial charge in [0.15, 0.2) is 9.84 Å². The van der Waals surface area contributed by atoms with Crippen LogP contribution in [-0.4, -0.2) is 26.8 Å². The molecule has 5 heteroatoms. The molecule has 0 radical (unpaired) electrons. The van der Waals surface area contributed by atoms with Gasteiger partial charge in [-0.3, -0.25) is 0 Å². The van der Waals surface area contributed by atoms with E-state index in [1.807, 2.05) is 31.0 Å². The van der Waals surface area contributed by atoms with Crippen LogP contribution in [0.25, 0.3) is 0 Å². The lowest BCUT2D eigenvalue weighted by molar-refractivity contribution is 0.539. The van der Waals surface area contributed by atoms with Crippen molar-refractivity contribution in [1.82, 2.24) is 0 Å². The molecule has 0 aliphatic carbocycles. The Morgan fingerprint density at radius 3 is 2.71 bits per heavy atom. The lowest BCUT2D eigenvalue weighted by atomic mass is 10.1. The molecule has 2 unspecified atom stereocenters. The zero-order chi connectivity index (χ0) is 12.6. The highest BCUT2D eigenvalue weighted by atomic mass is 32.2. The minimum atomic E-state index is -3.39. The van der Waals surface area contributed by atoms with Crippen molar-refractivity contribution in [2.24, 2.45) is 0 Å². The van der Waals surface area contributed by atoms with E-state index in [1.54, 1.807) is 18.2 Å². The van der Waals surface area contributed by atoms with Crippen LogP contribution in [0.4, 0.5) is 5.69 Å². The van der Waals surface area contributed by atoms with E-state index in [-0.39, 0.29) is 12.5 Å². The Labute approximate surface area is 101 Å². The van der Waals surface area contributed by atoms with Gasteiger partial charge in [-0.2, -0.15) is 5.26 Å². The summed E-state index contributed by atoms with van der Waals surface area (Å²) in [5, 5.41) is 8.12. The molecule has 0 bridgehead atoms. The first-order valence-electron chi connectivity index (χ1n) is 5.43. The normalized spacial score (nSPS) is 26.1. The maximum Gasteiger partial charge on any atom is 0.186 e. The highest BCUT2D eigenvalue weighted by molar-refractivity contribution is 7.92. The van der Waals surface area contributed by atoms with E-state index in [1.165, 1.54) is 0 Å². The second kappa shape index (κ2) is 4.04. The average Bonchev–Trinajstić information content (AvgIpc) is 2.32. The number of sulfone groups is 1. The van der Waals surface area contributed by atoms with Crippen molar-refractivity contribution >= 4 is 15.5 Å². The van der Waals surface area contributed by atoms with E-state index in [2.05, 4.69) is 0 Å². The molecular weight excluding hydrogens is 236 g/mol. The van der Waals surface area contributed by atoms with E-state index in [0.29, 0.717) is 10.6 Å². The second-order valence-electron chi connectivity index (χ2n) is 4.26. The molecule has 1 heterocycles. The van der Waals surface area contributed by atoms with Crippen LogP contribution in [0, 0.1) is 11.3 Å². The average molecular weight is 250 g/mol. The van der Waals surface area contributed by atoms with E-state index in [4.69, 9.17) is 5.26 Å². The molecule has 0 amide bonds. The maximum atomic E-state index is 12.4. The fraction of sp³-hybridized carbons (Fsp3) is 0.417. The summed E-state index contributed by atoms with van der Waals surface area (Å²) in [5.41, 5.74) is 0.717. The molecule has 0 fully saturated rings. The third-order valence-corrected chi connectivity index (χ3v) is 5.71. The zero-order valence-electron chi connectivity index (χ0n) is 9.79. The van der Waals surface area contributed by atoms with E-state index >= 15 is 0 Å². The number of hydrogen-bond acceptors (Lipinski definition) is 4. The van der Waals surface area contributed by atoms with E-state index < -0.39 is 15.1 Å². The molecule has 4 nitrogen and oxygen atoms in total. The monoisotopic (exact) mass is 250 g/mol. The van der Waals surface area contributed by atoms with Crippen LogP contribution >= 0.6 is 0 Å². The quantitative estimate of drug-likeness (QED) is 0.759. The van der Waals surface area contributed by atoms with Gasteiger partial charge in [0.05, 0.1) is 28.3 Å². The van der Waals surface area contributed by atoms with Crippen molar-refractivity contribution in [3.8, 4) is 6.07 Å². The molecule has 0 aromatic heterocycles. The van der Waals surface area contributed by atoms with Crippen LogP contribution in [0.1, 0.15) is 13.3 Å². The number of nitriles is 1. The summed E-state index contributed by atoms with van der Waals surface area (Å²) in [4.78, 5) is 2.26. The summed E-state index contributed by atoms with van der Waals surface area (Å²) in [5.74, 6) is 0. The van der Waals surface area contributed by atoms with Crippen molar-refractivity contribution in [3.05, 3.63) is 24.3 Å². The standard InChI is InChI=1S/C12H14N2O2S/c1-9-11(7-8-13)17(15,16)12-6-4-3-5-10(12)14(9)2/h3-6,9,11H,7H2,1-2H3. The van der Waals surface area contributed by atoms with Gasteiger partial charge in [0, 0.05) is 13.1 Å². The number of anilines is 1. The third kappa shape index (κ3) is 1.69. The van der Waals surface area contributed by atoms with Gasteiger partial charge in [-0.15, -0.1) is 0 Å². The SMILES string of the molecule is CC1C(CC#N)S(=O)(=O)c2ccccc2N1C. The summed E-state index contributed by atoms with van der Waals surface area (Å²) in [7, 11) is -1.53. The third-order valence-electron chi connectivity index (χ3n) is 3.39. The van der Waals surface area contributed by atoms with Crippen molar-refractivity contribution in [1.29, 1.82) is 5.26 Å². The molecular formula is C12H14N2O2S. The molecule has 1 aliphatic rings. The predicted molar refractivity (Wildman–Crippen MR) is 65.5 cm³/mol. The fourth-order valence-electron chi connectivity index (χ4n) is 2.25. The molecule has 0 N–H and O–H groups in total. The van der Waals surface area contributed by atoms with Gasteiger partial charge in [-0.25, -0.2) is 8.42 Å². The van der Waals surface area contributed by atoms with Gasteiger partial charge in [-0.1, -0.05) is 12.1 Å². The number of nitrogens with zero attached hydrogens (tertiary/aromatic N) is 2. The number of hydrogen-bond donors (Lipinski definition) is 0. The molecule has 1 aliphatic heterocycles. The van der Waals surface area contributed by atoms with Gasteiger partial charge in [-0.05, 0) is 19.1 Å². The Hall–Kier alpha value is -1.54. The topological polar surface area (TPSA) is 61.2 Å². The Kier molecular flexibility index (Phi) is 2.84. The molecule has 2 atom stereocenters. The Morgan fingerprint density at radius 1 is 1.41 bits per heavy atom. The number of rotatable bonds is 1. The van der Waals surface area contributed by atoms with Gasteiger partial charge < -0.3 is 4.90 Å². The van der Waals surface area contributed by atoms with Gasteiger partial charge in [0.2, 0.25) is 0 Å². The summed E-state index contributed by atoms with van der Waals surface area (Å²) in [6.07, 6.45) is 0.0299. The summed E-state index contributed by atoms with van der Waals surface area (Å²) in [6.45, 7) is 1.84. The molecule has 2 rings (SSSR count). The number of benzene rings is 1. The Bertz CT molecular complexity index is 574. The van der Waals surface area contributed by atoms with Gasteiger partial charge in [0.25, 0.3) is 0 Å². The highest BCUT2D eigenvalue weighted by Crippen LogP contribution is 2.36.